The fraction of sp³-hybridized carbons (Fsp3) is 0.533. The number of amides is 1. The minimum atomic E-state index is -0.520. The molecule has 0 aromatic heterocycles. The Morgan fingerprint density at radius 1 is 1.55 bits per heavy atom. The molecule has 5 heteroatoms. The summed E-state index contributed by atoms with van der Waals surface area (Å²) < 4.78 is 19.0. The van der Waals surface area contributed by atoms with Gasteiger partial charge in [-0.05, 0) is 37.8 Å². The molecule has 110 valence electrons. The van der Waals surface area contributed by atoms with Crippen molar-refractivity contribution in [1.82, 2.24) is 4.90 Å². The van der Waals surface area contributed by atoms with Crippen LogP contribution >= 0.6 is 0 Å². The number of ether oxygens (including phenoxy) is 1. The summed E-state index contributed by atoms with van der Waals surface area (Å²) in [5.74, 6) is -0.623. The van der Waals surface area contributed by atoms with Crippen molar-refractivity contribution in [3.8, 4) is 5.75 Å². The lowest BCUT2D eigenvalue weighted by Gasteiger charge is -2.32. The van der Waals surface area contributed by atoms with Crippen molar-refractivity contribution >= 4 is 5.91 Å². The summed E-state index contributed by atoms with van der Waals surface area (Å²) in [5, 5.41) is 9.22. The van der Waals surface area contributed by atoms with E-state index in [1.807, 2.05) is 0 Å². The predicted octanol–water partition coefficient (Wildman–Crippen LogP) is 2.07. The SMILES string of the molecule is CCOc1c(F)cccc1C(=O)N1CCCC(CO)C1. The molecule has 20 heavy (non-hydrogen) atoms. The topological polar surface area (TPSA) is 49.8 Å². The number of halogens is 1. The maximum Gasteiger partial charge on any atom is 0.257 e. The van der Waals surface area contributed by atoms with Crippen LogP contribution in [0.25, 0.3) is 0 Å². The molecule has 1 aromatic carbocycles. The van der Waals surface area contributed by atoms with E-state index < -0.39 is 5.82 Å². The van der Waals surface area contributed by atoms with E-state index in [0.29, 0.717) is 19.7 Å². The molecule has 1 aliphatic heterocycles. The molecule has 1 saturated heterocycles. The van der Waals surface area contributed by atoms with Crippen LogP contribution in [0.15, 0.2) is 18.2 Å². The van der Waals surface area contributed by atoms with Gasteiger partial charge < -0.3 is 14.7 Å². The van der Waals surface area contributed by atoms with Crippen LogP contribution in [0.2, 0.25) is 0 Å². The number of benzene rings is 1. The molecule has 1 aliphatic rings. The van der Waals surface area contributed by atoms with Crippen molar-refractivity contribution in [1.29, 1.82) is 0 Å². The maximum atomic E-state index is 13.8. The first kappa shape index (κ1) is 14.8. The Kier molecular flexibility index (Phi) is 4.95. The summed E-state index contributed by atoms with van der Waals surface area (Å²) in [6.45, 7) is 3.28. The van der Waals surface area contributed by atoms with E-state index in [-0.39, 0.29) is 29.7 Å². The Morgan fingerprint density at radius 2 is 2.35 bits per heavy atom. The average molecular weight is 281 g/mol. The quantitative estimate of drug-likeness (QED) is 0.919. The highest BCUT2D eigenvalue weighted by Crippen LogP contribution is 2.26. The zero-order valence-electron chi connectivity index (χ0n) is 11.6. The van der Waals surface area contributed by atoms with Crippen LogP contribution < -0.4 is 4.74 Å². The molecule has 0 radical (unpaired) electrons. The molecule has 0 saturated carbocycles. The van der Waals surface area contributed by atoms with Gasteiger partial charge in [-0.25, -0.2) is 4.39 Å². The van der Waals surface area contributed by atoms with E-state index in [2.05, 4.69) is 0 Å². The van der Waals surface area contributed by atoms with Crippen molar-refractivity contribution in [2.45, 2.75) is 19.8 Å². The van der Waals surface area contributed by atoms with Crippen LogP contribution in [0.3, 0.4) is 0 Å². The van der Waals surface area contributed by atoms with Crippen LogP contribution in [0, 0.1) is 11.7 Å². The molecule has 1 unspecified atom stereocenters. The molecular formula is C15H20FNO3. The lowest BCUT2D eigenvalue weighted by molar-refractivity contribution is 0.0616. The van der Waals surface area contributed by atoms with E-state index in [9.17, 15) is 14.3 Å². The zero-order chi connectivity index (χ0) is 14.5. The van der Waals surface area contributed by atoms with E-state index in [0.717, 1.165) is 12.8 Å². The number of carbonyl (C=O) groups excluding carboxylic acids is 1. The van der Waals surface area contributed by atoms with Crippen molar-refractivity contribution in [2.24, 2.45) is 5.92 Å². The number of aliphatic hydroxyl groups is 1. The fourth-order valence-corrected chi connectivity index (χ4v) is 2.54. The van der Waals surface area contributed by atoms with Crippen molar-refractivity contribution in [3.05, 3.63) is 29.6 Å². The van der Waals surface area contributed by atoms with Gasteiger partial charge in [0.25, 0.3) is 5.91 Å². The lowest BCUT2D eigenvalue weighted by atomic mass is 9.98. The normalized spacial score (nSPS) is 18.9. The largest absolute Gasteiger partial charge is 0.490 e. The summed E-state index contributed by atoms with van der Waals surface area (Å²) in [5.41, 5.74) is 0.255. The van der Waals surface area contributed by atoms with Gasteiger partial charge in [0.1, 0.15) is 0 Å². The third-order valence-corrected chi connectivity index (χ3v) is 3.55. The zero-order valence-corrected chi connectivity index (χ0v) is 11.6. The van der Waals surface area contributed by atoms with Gasteiger partial charge in [-0.1, -0.05) is 6.07 Å². The summed E-state index contributed by atoms with van der Waals surface area (Å²) in [6, 6.07) is 4.38. The maximum absolute atomic E-state index is 13.8. The van der Waals surface area contributed by atoms with Crippen molar-refractivity contribution in [2.75, 3.05) is 26.3 Å². The Balaban J connectivity index is 2.22. The minimum absolute atomic E-state index is 0.0196. The first-order valence-electron chi connectivity index (χ1n) is 6.98. The molecule has 1 atom stereocenters. The molecule has 1 amide bonds. The lowest BCUT2D eigenvalue weighted by Crippen LogP contribution is -2.41. The van der Waals surface area contributed by atoms with Crippen LogP contribution in [0.5, 0.6) is 5.75 Å². The Bertz CT molecular complexity index is 478. The Hall–Kier alpha value is -1.62. The summed E-state index contributed by atoms with van der Waals surface area (Å²) in [4.78, 5) is 14.2. The van der Waals surface area contributed by atoms with Gasteiger partial charge in [0, 0.05) is 19.7 Å². The standard InChI is InChI=1S/C15H20FNO3/c1-2-20-14-12(6-3-7-13(14)16)15(19)17-8-4-5-11(9-17)10-18/h3,6-7,11,18H,2,4-5,8-10H2,1H3. The smallest absolute Gasteiger partial charge is 0.257 e. The average Bonchev–Trinajstić information content (AvgIpc) is 2.49. The molecule has 1 aromatic rings. The molecule has 4 nitrogen and oxygen atoms in total. The second-order valence-corrected chi connectivity index (χ2v) is 4.99. The third kappa shape index (κ3) is 3.10. The number of likely N-dealkylation sites (tertiary alicyclic amines) is 1. The van der Waals surface area contributed by atoms with E-state index >= 15 is 0 Å². The van der Waals surface area contributed by atoms with Crippen LogP contribution in [0.1, 0.15) is 30.1 Å². The predicted molar refractivity (Wildman–Crippen MR) is 73.3 cm³/mol. The monoisotopic (exact) mass is 281 g/mol. The third-order valence-electron chi connectivity index (χ3n) is 3.55. The minimum Gasteiger partial charge on any atom is -0.490 e. The van der Waals surface area contributed by atoms with Crippen molar-refractivity contribution in [3.63, 3.8) is 0 Å². The molecule has 0 spiro atoms. The number of carbonyl (C=O) groups is 1. The molecule has 0 bridgehead atoms. The second-order valence-electron chi connectivity index (χ2n) is 4.99. The summed E-state index contributed by atoms with van der Waals surface area (Å²) in [7, 11) is 0. The van der Waals surface area contributed by atoms with Crippen LogP contribution in [-0.4, -0.2) is 42.2 Å². The molecule has 0 aliphatic carbocycles. The number of piperidine rings is 1. The highest BCUT2D eigenvalue weighted by atomic mass is 19.1. The van der Waals surface area contributed by atoms with E-state index in [4.69, 9.17) is 4.74 Å². The van der Waals surface area contributed by atoms with Gasteiger partial charge in [-0.2, -0.15) is 0 Å². The van der Waals surface area contributed by atoms with Gasteiger partial charge in [-0.15, -0.1) is 0 Å². The van der Waals surface area contributed by atoms with Gasteiger partial charge in [-0.3, -0.25) is 4.79 Å². The number of para-hydroxylation sites is 1. The number of hydrogen-bond donors (Lipinski definition) is 1. The summed E-state index contributed by atoms with van der Waals surface area (Å²) >= 11 is 0. The first-order chi connectivity index (χ1) is 9.67. The Morgan fingerprint density at radius 3 is 3.05 bits per heavy atom. The van der Waals surface area contributed by atoms with Gasteiger partial charge in [0.15, 0.2) is 11.6 Å². The number of hydrogen-bond acceptors (Lipinski definition) is 3. The molecule has 1 N–H and O–H groups in total. The van der Waals surface area contributed by atoms with E-state index in [1.165, 1.54) is 12.1 Å². The van der Waals surface area contributed by atoms with Crippen molar-refractivity contribution < 1.29 is 19.0 Å². The molecule has 1 heterocycles. The van der Waals surface area contributed by atoms with Crippen LogP contribution in [0.4, 0.5) is 4.39 Å². The van der Waals surface area contributed by atoms with Crippen LogP contribution in [-0.2, 0) is 0 Å². The van der Waals surface area contributed by atoms with Gasteiger partial charge >= 0.3 is 0 Å². The number of nitrogens with zero attached hydrogens (tertiary/aromatic N) is 1. The molecule has 2 rings (SSSR count). The highest BCUT2D eigenvalue weighted by Gasteiger charge is 2.26. The first-order valence-corrected chi connectivity index (χ1v) is 6.98. The Labute approximate surface area is 118 Å². The second kappa shape index (κ2) is 6.70. The van der Waals surface area contributed by atoms with E-state index in [1.54, 1.807) is 17.9 Å². The molecule has 1 fully saturated rings. The van der Waals surface area contributed by atoms with Gasteiger partial charge in [0.2, 0.25) is 0 Å². The number of rotatable bonds is 4. The molecular weight excluding hydrogens is 261 g/mol. The van der Waals surface area contributed by atoms with Gasteiger partial charge in [0.05, 0.1) is 12.2 Å². The highest BCUT2D eigenvalue weighted by molar-refractivity contribution is 5.97. The summed E-state index contributed by atoms with van der Waals surface area (Å²) in [6.07, 6.45) is 1.78. The number of aliphatic hydroxyl groups excluding tert-OH is 1. The fourth-order valence-electron chi connectivity index (χ4n) is 2.54.